The molecule has 31 heavy (non-hydrogen) atoms. The van der Waals surface area contributed by atoms with Crippen molar-refractivity contribution < 1.29 is 13.2 Å². The minimum Gasteiger partial charge on any atom is -0.345 e. The van der Waals surface area contributed by atoms with E-state index >= 15 is 0 Å². The summed E-state index contributed by atoms with van der Waals surface area (Å²) in [6, 6.07) is 13.0. The molecule has 0 aliphatic heterocycles. The molecule has 0 aliphatic rings. The average Bonchev–Trinajstić information content (AvgIpc) is 3.13. The highest BCUT2D eigenvalue weighted by atomic mass is 35.5. The van der Waals surface area contributed by atoms with Crippen LogP contribution in [0.4, 0.5) is 0 Å². The maximum atomic E-state index is 12.6. The van der Waals surface area contributed by atoms with E-state index in [9.17, 15) is 13.2 Å². The van der Waals surface area contributed by atoms with E-state index < -0.39 is 10.0 Å². The Morgan fingerprint density at radius 1 is 1.19 bits per heavy atom. The minimum atomic E-state index is -3.57. The Labute approximate surface area is 190 Å². The van der Waals surface area contributed by atoms with Gasteiger partial charge in [-0.25, -0.2) is 8.42 Å². The maximum Gasteiger partial charge on any atom is 0.251 e. The predicted octanol–water partition coefficient (Wildman–Crippen LogP) is 3.54. The number of aromatic nitrogens is 3. The highest BCUT2D eigenvalue weighted by molar-refractivity contribution is 7.89. The van der Waals surface area contributed by atoms with Gasteiger partial charge in [0.05, 0.1) is 17.1 Å². The van der Waals surface area contributed by atoms with Crippen molar-refractivity contribution in [3.63, 3.8) is 0 Å². The molecule has 8 nitrogen and oxygen atoms in total. The second-order valence-electron chi connectivity index (χ2n) is 6.56. The van der Waals surface area contributed by atoms with Crippen LogP contribution in [0.5, 0.6) is 0 Å². The number of carbonyl (C=O) groups is 1. The molecular weight excluding hydrogens is 458 g/mol. The molecule has 0 aliphatic carbocycles. The topological polar surface area (TPSA) is 100 Å². The van der Waals surface area contributed by atoms with Gasteiger partial charge in [-0.2, -0.15) is 9.40 Å². The first-order valence-electron chi connectivity index (χ1n) is 9.58. The van der Waals surface area contributed by atoms with E-state index in [4.69, 9.17) is 23.8 Å². The fraction of sp³-hybridized carbons (Fsp3) is 0.250. The van der Waals surface area contributed by atoms with Gasteiger partial charge < -0.3 is 5.32 Å². The van der Waals surface area contributed by atoms with Gasteiger partial charge in [-0.1, -0.05) is 31.5 Å². The quantitative estimate of drug-likeness (QED) is 0.481. The van der Waals surface area contributed by atoms with Gasteiger partial charge in [0.25, 0.3) is 5.91 Å². The number of halogens is 1. The van der Waals surface area contributed by atoms with E-state index in [0.29, 0.717) is 34.3 Å². The maximum absolute atomic E-state index is 12.6. The minimum absolute atomic E-state index is 0.109. The summed E-state index contributed by atoms with van der Waals surface area (Å²) in [5, 5.41) is 10.2. The van der Waals surface area contributed by atoms with Gasteiger partial charge in [0.15, 0.2) is 10.6 Å². The summed E-state index contributed by atoms with van der Waals surface area (Å²) in [4.78, 5) is 12.7. The Morgan fingerprint density at radius 3 is 2.48 bits per heavy atom. The summed E-state index contributed by atoms with van der Waals surface area (Å²) in [6.07, 6.45) is 0. The number of carbonyl (C=O) groups excluding carboxylic acids is 1. The van der Waals surface area contributed by atoms with Crippen LogP contribution in [0.15, 0.2) is 53.4 Å². The van der Waals surface area contributed by atoms with E-state index in [-0.39, 0.29) is 17.3 Å². The van der Waals surface area contributed by atoms with Crippen LogP contribution in [0, 0.1) is 4.77 Å². The number of nitrogens with zero attached hydrogens (tertiary/aromatic N) is 3. The second kappa shape index (κ2) is 9.73. The standard InChI is InChI=1S/C20H22ClN5O3S2/c1-3-25(4-2)31(28,29)17-10-8-14(9-11-17)19(27)22-13-18-23-24-20(30)26(18)16-7-5-6-15(21)12-16/h5-12H,3-4,13H2,1-2H3,(H,22,27)(H,24,30). The molecule has 0 fully saturated rings. The number of amides is 1. The first kappa shape index (κ1) is 23.1. The number of H-pyrrole nitrogens is 1. The molecule has 0 bridgehead atoms. The number of sulfonamides is 1. The molecule has 0 saturated carbocycles. The van der Waals surface area contributed by atoms with Crippen LogP contribution in [-0.4, -0.2) is 46.5 Å². The lowest BCUT2D eigenvalue weighted by molar-refractivity contribution is 0.0949. The van der Waals surface area contributed by atoms with Crippen LogP contribution in [-0.2, 0) is 16.6 Å². The van der Waals surface area contributed by atoms with E-state index in [1.807, 2.05) is 6.07 Å². The highest BCUT2D eigenvalue weighted by Gasteiger charge is 2.21. The number of hydrogen-bond donors (Lipinski definition) is 2. The molecule has 1 amide bonds. The summed E-state index contributed by atoms with van der Waals surface area (Å²) >= 11 is 11.4. The van der Waals surface area contributed by atoms with Crippen molar-refractivity contribution in [3.8, 4) is 5.69 Å². The fourth-order valence-corrected chi connectivity index (χ4v) is 4.98. The van der Waals surface area contributed by atoms with Crippen LogP contribution in [0.1, 0.15) is 30.0 Å². The van der Waals surface area contributed by atoms with Crippen molar-refractivity contribution in [2.24, 2.45) is 0 Å². The average molecular weight is 480 g/mol. The van der Waals surface area contributed by atoms with Gasteiger partial charge in [-0.05, 0) is 54.7 Å². The van der Waals surface area contributed by atoms with E-state index in [0.717, 1.165) is 5.69 Å². The summed E-state index contributed by atoms with van der Waals surface area (Å²) < 4.78 is 28.6. The van der Waals surface area contributed by atoms with Crippen LogP contribution >= 0.6 is 23.8 Å². The number of aromatic amines is 1. The monoisotopic (exact) mass is 479 g/mol. The molecule has 1 aromatic heterocycles. The lowest BCUT2D eigenvalue weighted by atomic mass is 10.2. The zero-order valence-electron chi connectivity index (χ0n) is 17.0. The highest BCUT2D eigenvalue weighted by Crippen LogP contribution is 2.18. The summed E-state index contributed by atoms with van der Waals surface area (Å²) in [5.74, 6) is 0.139. The van der Waals surface area contributed by atoms with Crippen molar-refractivity contribution in [2.75, 3.05) is 13.1 Å². The molecule has 1 heterocycles. The van der Waals surface area contributed by atoms with E-state index in [1.54, 1.807) is 36.6 Å². The van der Waals surface area contributed by atoms with Gasteiger partial charge in [0.2, 0.25) is 10.0 Å². The lowest BCUT2D eigenvalue weighted by Gasteiger charge is -2.18. The predicted molar refractivity (Wildman–Crippen MR) is 121 cm³/mol. The normalized spacial score (nSPS) is 11.6. The molecule has 0 saturated heterocycles. The lowest BCUT2D eigenvalue weighted by Crippen LogP contribution is -2.30. The molecule has 3 rings (SSSR count). The Kier molecular flexibility index (Phi) is 7.26. The summed E-state index contributed by atoms with van der Waals surface area (Å²) in [7, 11) is -3.57. The molecular formula is C20H22ClN5O3S2. The molecule has 3 aromatic rings. The summed E-state index contributed by atoms with van der Waals surface area (Å²) in [5.41, 5.74) is 1.06. The SMILES string of the molecule is CCN(CC)S(=O)(=O)c1ccc(C(=O)NCc2n[nH]c(=S)n2-c2cccc(Cl)c2)cc1. The molecule has 2 aromatic carbocycles. The van der Waals surface area contributed by atoms with Gasteiger partial charge in [-0.15, -0.1) is 0 Å². The first-order valence-corrected chi connectivity index (χ1v) is 11.8. The molecule has 0 spiro atoms. The van der Waals surface area contributed by atoms with Crippen molar-refractivity contribution >= 4 is 39.7 Å². The third-order valence-electron chi connectivity index (χ3n) is 4.67. The molecule has 0 unspecified atom stereocenters. The van der Waals surface area contributed by atoms with Crippen molar-refractivity contribution in [1.82, 2.24) is 24.4 Å². The van der Waals surface area contributed by atoms with Crippen LogP contribution in [0.3, 0.4) is 0 Å². The summed E-state index contributed by atoms with van der Waals surface area (Å²) in [6.45, 7) is 4.42. The number of rotatable bonds is 8. The molecule has 11 heteroatoms. The zero-order valence-corrected chi connectivity index (χ0v) is 19.4. The molecule has 0 atom stereocenters. The van der Waals surface area contributed by atoms with Gasteiger partial charge in [0, 0.05) is 23.7 Å². The molecule has 2 N–H and O–H groups in total. The molecule has 164 valence electrons. The fourth-order valence-electron chi connectivity index (χ4n) is 3.08. The van der Waals surface area contributed by atoms with E-state index in [1.165, 1.54) is 28.6 Å². The number of benzene rings is 2. The first-order chi connectivity index (χ1) is 14.8. The third-order valence-corrected chi connectivity index (χ3v) is 7.25. The van der Waals surface area contributed by atoms with Crippen LogP contribution in [0.2, 0.25) is 5.02 Å². The van der Waals surface area contributed by atoms with E-state index in [2.05, 4.69) is 15.5 Å². The van der Waals surface area contributed by atoms with Crippen molar-refractivity contribution in [1.29, 1.82) is 0 Å². The Bertz CT molecular complexity index is 1230. The smallest absolute Gasteiger partial charge is 0.251 e. The van der Waals surface area contributed by atoms with Crippen LogP contribution in [0.25, 0.3) is 5.69 Å². The van der Waals surface area contributed by atoms with Crippen molar-refractivity contribution in [2.45, 2.75) is 25.3 Å². The largest absolute Gasteiger partial charge is 0.345 e. The van der Waals surface area contributed by atoms with Gasteiger partial charge >= 0.3 is 0 Å². The third kappa shape index (κ3) is 5.04. The number of nitrogens with one attached hydrogen (secondary N) is 2. The Hall–Kier alpha value is -2.53. The Morgan fingerprint density at radius 2 is 1.87 bits per heavy atom. The van der Waals surface area contributed by atoms with Gasteiger partial charge in [0.1, 0.15) is 0 Å². The van der Waals surface area contributed by atoms with Crippen molar-refractivity contribution in [3.05, 3.63) is 69.7 Å². The molecule has 0 radical (unpaired) electrons. The zero-order chi connectivity index (χ0) is 22.6. The van der Waals surface area contributed by atoms with Crippen LogP contribution < -0.4 is 5.32 Å². The second-order valence-corrected chi connectivity index (χ2v) is 9.32. The number of hydrogen-bond acceptors (Lipinski definition) is 5. The van der Waals surface area contributed by atoms with Gasteiger partial charge in [-0.3, -0.25) is 14.5 Å². The Balaban J connectivity index is 1.75.